The molecule has 2 unspecified atom stereocenters. The van der Waals surface area contributed by atoms with Crippen molar-refractivity contribution in [3.8, 4) is 11.5 Å². The van der Waals surface area contributed by atoms with Crippen molar-refractivity contribution in [3.05, 3.63) is 117 Å². The zero-order chi connectivity index (χ0) is 44.4. The van der Waals surface area contributed by atoms with Gasteiger partial charge in [-0.25, -0.2) is 8.42 Å². The summed E-state index contributed by atoms with van der Waals surface area (Å²) in [7, 11) is -3.53. The zero-order valence-electron chi connectivity index (χ0n) is 35.5. The third-order valence-electron chi connectivity index (χ3n) is 9.48. The number of halogens is 3. The zero-order valence-corrected chi connectivity index (χ0v) is 38.6. The lowest BCUT2D eigenvalue weighted by molar-refractivity contribution is -0.156. The molecular weight excluding hydrogens is 863 g/mol. The van der Waals surface area contributed by atoms with Gasteiger partial charge >= 0.3 is 11.9 Å². The van der Waals surface area contributed by atoms with E-state index in [0.717, 1.165) is 24.2 Å². The van der Waals surface area contributed by atoms with Crippen LogP contribution in [0.2, 0.25) is 15.1 Å². The summed E-state index contributed by atoms with van der Waals surface area (Å²) in [4.78, 5) is 28.9. The topological polar surface area (TPSA) is 121 Å². The summed E-state index contributed by atoms with van der Waals surface area (Å²) >= 11 is 18.8. The van der Waals surface area contributed by atoms with Crippen LogP contribution in [-0.4, -0.2) is 93.8 Å². The molecule has 11 nitrogen and oxygen atoms in total. The molecule has 0 aromatic heterocycles. The van der Waals surface area contributed by atoms with Gasteiger partial charge in [0.25, 0.3) is 0 Å². The molecule has 0 aliphatic carbocycles. The van der Waals surface area contributed by atoms with Gasteiger partial charge in [0, 0.05) is 39.3 Å². The van der Waals surface area contributed by atoms with Gasteiger partial charge in [-0.1, -0.05) is 77.3 Å². The van der Waals surface area contributed by atoms with Gasteiger partial charge in [0.1, 0.15) is 17.0 Å². The average Bonchev–Trinajstić information content (AvgIpc) is 3.21. The normalized spacial score (nSPS) is 17.8. The molecule has 2 aliphatic rings. The number of hydrogen-bond donors (Lipinski definition) is 0. The van der Waals surface area contributed by atoms with Crippen LogP contribution in [0.25, 0.3) is 0 Å². The number of carbonyl (C=O) groups excluding carboxylic acids is 2. The molecule has 0 spiro atoms. The summed E-state index contributed by atoms with van der Waals surface area (Å²) in [5, 5.41) is 1.25. The Hall–Kier alpha value is -3.72. The van der Waals surface area contributed by atoms with E-state index >= 15 is 0 Å². The first-order valence-electron chi connectivity index (χ1n) is 20.2. The Balaban J connectivity index is 0.000000231. The molecule has 6 rings (SSSR count). The smallest absolute Gasteiger partial charge is 0.307 e. The van der Waals surface area contributed by atoms with Crippen LogP contribution in [0.15, 0.2) is 101 Å². The molecule has 0 N–H and O–H groups in total. The van der Waals surface area contributed by atoms with Gasteiger partial charge in [-0.3, -0.25) is 19.4 Å². The molecule has 2 atom stereocenters. The number of benzene rings is 4. The Bertz CT molecular complexity index is 2170. The molecule has 0 saturated carbocycles. The molecule has 4 aromatic rings. The molecule has 15 heteroatoms. The van der Waals surface area contributed by atoms with Gasteiger partial charge in [0.05, 0.1) is 63.1 Å². The van der Waals surface area contributed by atoms with E-state index < -0.39 is 21.0 Å². The maximum absolute atomic E-state index is 12.7. The van der Waals surface area contributed by atoms with Crippen LogP contribution in [0, 0.1) is 0 Å². The fourth-order valence-corrected chi connectivity index (χ4v) is 8.57. The first-order chi connectivity index (χ1) is 28.8. The number of sulfone groups is 1. The number of morpholine rings is 2. The minimum absolute atomic E-state index is 0.150. The van der Waals surface area contributed by atoms with Crippen molar-refractivity contribution < 1.29 is 41.7 Å². The Morgan fingerprint density at radius 1 is 0.639 bits per heavy atom. The molecule has 2 heterocycles. The van der Waals surface area contributed by atoms with Crippen LogP contribution < -0.4 is 4.74 Å². The second-order valence-corrected chi connectivity index (χ2v) is 19.9. The molecule has 0 radical (unpaired) electrons. The van der Waals surface area contributed by atoms with Crippen molar-refractivity contribution in [1.29, 1.82) is 0 Å². The molecule has 61 heavy (non-hydrogen) atoms. The molecular formula is C46H55Cl3N2O9S. The van der Waals surface area contributed by atoms with E-state index in [-0.39, 0.29) is 33.9 Å². The summed E-state index contributed by atoms with van der Waals surface area (Å²) in [6.07, 6.45) is 0.364. The van der Waals surface area contributed by atoms with Crippen molar-refractivity contribution in [2.75, 3.05) is 52.5 Å². The number of ether oxygens (including phenoxy) is 5. The predicted molar refractivity (Wildman–Crippen MR) is 238 cm³/mol. The van der Waals surface area contributed by atoms with E-state index in [1.165, 1.54) is 0 Å². The lowest BCUT2D eigenvalue weighted by Crippen LogP contribution is -2.40. The largest absolute Gasteiger partial charge is 0.460 e. The van der Waals surface area contributed by atoms with Gasteiger partial charge in [-0.05, 0) is 101 Å². The molecule has 0 amide bonds. The van der Waals surface area contributed by atoms with Crippen LogP contribution in [0.5, 0.6) is 11.5 Å². The predicted octanol–water partition coefficient (Wildman–Crippen LogP) is 10.2. The van der Waals surface area contributed by atoms with E-state index in [1.807, 2.05) is 53.7 Å². The van der Waals surface area contributed by atoms with Crippen LogP contribution in [-0.2, 0) is 38.4 Å². The van der Waals surface area contributed by atoms with Gasteiger partial charge in [0.2, 0.25) is 9.84 Å². The monoisotopic (exact) mass is 916 g/mol. The van der Waals surface area contributed by atoms with Gasteiger partial charge < -0.3 is 23.7 Å². The molecule has 330 valence electrons. The Kier molecular flexibility index (Phi) is 17.1. The highest BCUT2D eigenvalue weighted by molar-refractivity contribution is 7.91. The second kappa shape index (κ2) is 21.6. The lowest BCUT2D eigenvalue weighted by Gasteiger charge is -2.33. The van der Waals surface area contributed by atoms with Crippen LogP contribution in [0.3, 0.4) is 0 Å². The van der Waals surface area contributed by atoms with Gasteiger partial charge in [-0.15, -0.1) is 0 Å². The Morgan fingerprint density at radius 2 is 1.11 bits per heavy atom. The molecule has 2 saturated heterocycles. The first-order valence-corrected chi connectivity index (χ1v) is 22.8. The van der Waals surface area contributed by atoms with Crippen molar-refractivity contribution in [2.24, 2.45) is 0 Å². The SMILES string of the molecule is CC(C)(C)OC(=O)CCN1CCOC(c2ccc(Oc3c(Cl)cccc3Cl)c(Cl)c2)C1.CC(C)(C)OC(=O)CCN1CCOC(c2ccc(S(=O)(=O)c3ccccc3)cc2)C1. The Morgan fingerprint density at radius 3 is 1.61 bits per heavy atom. The van der Waals surface area contributed by atoms with E-state index in [9.17, 15) is 18.0 Å². The quantitative estimate of drug-likeness (QED) is 0.126. The minimum atomic E-state index is -3.53. The van der Waals surface area contributed by atoms with E-state index in [4.69, 9.17) is 58.5 Å². The molecule has 0 bridgehead atoms. The summed E-state index contributed by atoms with van der Waals surface area (Å²) in [5.74, 6) is 0.417. The van der Waals surface area contributed by atoms with Gasteiger partial charge in [0.15, 0.2) is 5.75 Å². The standard InChI is InChI=1S/C23H26Cl3NO4.C23H29NO5S/c1-23(2,3)31-21(28)9-10-27-11-12-29-20(14-27)15-7-8-19(18(26)13-15)30-22-16(24)5-4-6-17(22)25;1-23(2,3)29-22(25)13-14-24-15-16-28-21(17-24)18-9-11-20(12-10-18)30(26,27)19-7-5-4-6-8-19/h4-8,13,20H,9-12,14H2,1-3H3;4-12,21H,13-17H2,1-3H3. The highest BCUT2D eigenvalue weighted by atomic mass is 35.5. The number of rotatable bonds is 12. The number of esters is 2. The van der Waals surface area contributed by atoms with Gasteiger partial charge in [-0.2, -0.15) is 0 Å². The van der Waals surface area contributed by atoms with E-state index in [1.54, 1.807) is 78.9 Å². The molecule has 2 fully saturated rings. The van der Waals surface area contributed by atoms with Crippen molar-refractivity contribution >= 4 is 56.6 Å². The highest BCUT2D eigenvalue weighted by Gasteiger charge is 2.27. The van der Waals surface area contributed by atoms with E-state index in [2.05, 4.69) is 9.80 Å². The van der Waals surface area contributed by atoms with Crippen molar-refractivity contribution in [1.82, 2.24) is 9.80 Å². The Labute approximate surface area is 375 Å². The maximum atomic E-state index is 12.7. The van der Waals surface area contributed by atoms with Crippen LogP contribution >= 0.6 is 34.8 Å². The third kappa shape index (κ3) is 15.0. The number of carbonyl (C=O) groups is 2. The van der Waals surface area contributed by atoms with Crippen molar-refractivity contribution in [2.45, 2.75) is 87.6 Å². The summed E-state index contributed by atoms with van der Waals surface area (Å²) in [6.45, 7) is 16.4. The van der Waals surface area contributed by atoms with Crippen LogP contribution in [0.1, 0.15) is 77.7 Å². The first kappa shape index (κ1) is 48.3. The number of para-hydroxylation sites is 1. The average molecular weight is 918 g/mol. The third-order valence-corrected chi connectivity index (χ3v) is 12.2. The number of nitrogens with zero attached hydrogens (tertiary/aromatic N) is 2. The summed E-state index contributed by atoms with van der Waals surface area (Å²) in [5.41, 5.74) is 0.903. The van der Waals surface area contributed by atoms with Crippen molar-refractivity contribution in [3.63, 3.8) is 0 Å². The summed E-state index contributed by atoms with van der Waals surface area (Å²) in [6, 6.07) is 25.9. The fraction of sp³-hybridized carbons (Fsp3) is 0.435. The maximum Gasteiger partial charge on any atom is 0.307 e. The minimum Gasteiger partial charge on any atom is -0.460 e. The fourth-order valence-electron chi connectivity index (χ4n) is 6.59. The molecule has 4 aromatic carbocycles. The lowest BCUT2D eigenvalue weighted by atomic mass is 10.1. The van der Waals surface area contributed by atoms with Crippen LogP contribution in [0.4, 0.5) is 0 Å². The highest BCUT2D eigenvalue weighted by Crippen LogP contribution is 2.39. The number of hydrogen-bond acceptors (Lipinski definition) is 11. The van der Waals surface area contributed by atoms with E-state index in [0.29, 0.717) is 78.8 Å². The molecule has 2 aliphatic heterocycles. The second-order valence-electron chi connectivity index (χ2n) is 16.7. The summed E-state index contributed by atoms with van der Waals surface area (Å²) < 4.78 is 53.9.